The van der Waals surface area contributed by atoms with E-state index in [0.717, 1.165) is 103 Å². The lowest BCUT2D eigenvalue weighted by Crippen LogP contribution is -2.30. The molecule has 1 atom stereocenters. The third-order valence-corrected chi connectivity index (χ3v) is 12.3. The number of hydrogen-bond donors (Lipinski definition) is 0. The molecule has 0 aliphatic rings. The van der Waals surface area contributed by atoms with E-state index >= 15 is 0 Å². The second-order valence-corrected chi connectivity index (χ2v) is 18.8. The van der Waals surface area contributed by atoms with Gasteiger partial charge in [0.15, 0.2) is 6.10 Å². The number of esters is 3. The molecule has 0 saturated carbocycles. The van der Waals surface area contributed by atoms with Crippen LogP contribution in [0.1, 0.15) is 284 Å². The van der Waals surface area contributed by atoms with Crippen molar-refractivity contribution in [1.82, 2.24) is 0 Å². The van der Waals surface area contributed by atoms with Crippen LogP contribution in [0.4, 0.5) is 0 Å². The molecule has 6 nitrogen and oxygen atoms in total. The minimum absolute atomic E-state index is 0.0801. The molecule has 0 aromatic rings. The van der Waals surface area contributed by atoms with Crippen molar-refractivity contribution in [2.75, 3.05) is 13.2 Å². The van der Waals surface area contributed by atoms with Crippen LogP contribution in [0.15, 0.2) is 60.8 Å². The summed E-state index contributed by atoms with van der Waals surface area (Å²) in [7, 11) is 0. The molecule has 66 heavy (non-hydrogen) atoms. The summed E-state index contributed by atoms with van der Waals surface area (Å²) in [6, 6.07) is 0. The highest BCUT2D eigenvalue weighted by Gasteiger charge is 2.19. The number of ether oxygens (including phenoxy) is 3. The Bertz CT molecular complexity index is 1200. The van der Waals surface area contributed by atoms with E-state index in [2.05, 4.69) is 81.5 Å². The van der Waals surface area contributed by atoms with Gasteiger partial charge in [-0.3, -0.25) is 14.4 Å². The van der Waals surface area contributed by atoms with Crippen LogP contribution in [0, 0.1) is 0 Å². The fourth-order valence-corrected chi connectivity index (χ4v) is 8.02. The van der Waals surface area contributed by atoms with Gasteiger partial charge in [-0.15, -0.1) is 0 Å². The number of allylic oxidation sites excluding steroid dienone is 10. The SMILES string of the molecule is CC/C=C\C/C=C\C/C=C\CCCCCCCC(=O)OC(COC(=O)CCCCCCCCCCC/C=C\C/C=C\CCCCC)COC(=O)CCCCCCCCCCCCCCCC. The van der Waals surface area contributed by atoms with Gasteiger partial charge in [-0.2, -0.15) is 0 Å². The molecule has 1 unspecified atom stereocenters. The van der Waals surface area contributed by atoms with Crippen molar-refractivity contribution < 1.29 is 28.6 Å². The van der Waals surface area contributed by atoms with Gasteiger partial charge in [0.1, 0.15) is 13.2 Å². The second kappa shape index (κ2) is 54.7. The highest BCUT2D eigenvalue weighted by Crippen LogP contribution is 2.16. The van der Waals surface area contributed by atoms with Gasteiger partial charge in [-0.05, 0) is 83.5 Å². The van der Waals surface area contributed by atoms with E-state index in [4.69, 9.17) is 14.2 Å². The van der Waals surface area contributed by atoms with Crippen LogP contribution >= 0.6 is 0 Å². The summed E-state index contributed by atoms with van der Waals surface area (Å²) in [5.41, 5.74) is 0. The Hall–Kier alpha value is -2.89. The summed E-state index contributed by atoms with van der Waals surface area (Å²) in [5.74, 6) is -0.891. The number of carbonyl (C=O) groups is 3. The molecule has 0 radical (unpaired) electrons. The van der Waals surface area contributed by atoms with Gasteiger partial charge < -0.3 is 14.2 Å². The summed E-state index contributed by atoms with van der Waals surface area (Å²) in [6.45, 7) is 6.51. The maximum atomic E-state index is 12.8. The first kappa shape index (κ1) is 63.1. The number of unbranched alkanes of at least 4 members (excludes halogenated alkanes) is 30. The summed E-state index contributed by atoms with van der Waals surface area (Å²) < 4.78 is 16.8. The standard InChI is InChI=1S/C60H106O6/c1-4-7-10-13-16-19-22-25-28-29-30-31-33-35-38-41-44-47-50-53-59(62)65-56-57(55-64-58(61)52-49-46-43-40-37-34-27-24-21-18-15-12-9-6-3)66-60(63)54-51-48-45-42-39-36-32-26-23-20-17-14-11-8-5-2/h8,11,16-17,19-20,25-26,28,32,57H,4-7,9-10,12-15,18,21-24,27,29-31,33-56H2,1-3H3/b11-8-,19-16-,20-17-,28-25-,32-26-. The van der Waals surface area contributed by atoms with Crippen molar-refractivity contribution in [2.45, 2.75) is 290 Å². The van der Waals surface area contributed by atoms with E-state index in [0.29, 0.717) is 19.3 Å². The van der Waals surface area contributed by atoms with Crippen LogP contribution < -0.4 is 0 Å². The Kier molecular flexibility index (Phi) is 52.3. The fraction of sp³-hybridized carbons (Fsp3) is 0.783. The van der Waals surface area contributed by atoms with Gasteiger partial charge in [0.25, 0.3) is 0 Å². The normalized spacial score (nSPS) is 12.5. The number of hydrogen-bond acceptors (Lipinski definition) is 6. The Morgan fingerprint density at radius 3 is 0.955 bits per heavy atom. The van der Waals surface area contributed by atoms with Crippen molar-refractivity contribution in [3.05, 3.63) is 60.8 Å². The van der Waals surface area contributed by atoms with E-state index in [1.54, 1.807) is 0 Å². The fourth-order valence-electron chi connectivity index (χ4n) is 8.02. The molecule has 0 N–H and O–H groups in total. The minimum atomic E-state index is -0.783. The van der Waals surface area contributed by atoms with E-state index in [9.17, 15) is 14.4 Å². The van der Waals surface area contributed by atoms with E-state index in [1.165, 1.54) is 141 Å². The van der Waals surface area contributed by atoms with Crippen molar-refractivity contribution in [3.8, 4) is 0 Å². The monoisotopic (exact) mass is 923 g/mol. The third kappa shape index (κ3) is 52.1. The highest BCUT2D eigenvalue weighted by atomic mass is 16.6. The largest absolute Gasteiger partial charge is 0.462 e. The van der Waals surface area contributed by atoms with Crippen LogP contribution in [0.3, 0.4) is 0 Å². The number of carbonyl (C=O) groups excluding carboxylic acids is 3. The van der Waals surface area contributed by atoms with E-state index in [1.807, 2.05) is 0 Å². The van der Waals surface area contributed by atoms with Gasteiger partial charge in [0, 0.05) is 19.3 Å². The molecule has 6 heteroatoms. The average Bonchev–Trinajstić information content (AvgIpc) is 3.31. The first-order valence-electron chi connectivity index (χ1n) is 28.3. The van der Waals surface area contributed by atoms with Crippen molar-refractivity contribution >= 4 is 17.9 Å². The molecular formula is C60H106O6. The molecule has 382 valence electrons. The van der Waals surface area contributed by atoms with Crippen LogP contribution in [-0.4, -0.2) is 37.2 Å². The van der Waals surface area contributed by atoms with E-state index in [-0.39, 0.29) is 31.1 Å². The summed E-state index contributed by atoms with van der Waals surface area (Å²) in [6.07, 6.45) is 67.7. The average molecular weight is 924 g/mol. The van der Waals surface area contributed by atoms with Crippen LogP contribution in [-0.2, 0) is 28.6 Å². The zero-order valence-electron chi connectivity index (χ0n) is 43.7. The van der Waals surface area contributed by atoms with Crippen molar-refractivity contribution in [1.29, 1.82) is 0 Å². The van der Waals surface area contributed by atoms with Crippen molar-refractivity contribution in [2.24, 2.45) is 0 Å². The Labute approximate surface area is 409 Å². The lowest BCUT2D eigenvalue weighted by molar-refractivity contribution is -0.167. The lowest BCUT2D eigenvalue weighted by Gasteiger charge is -2.18. The maximum absolute atomic E-state index is 12.8. The van der Waals surface area contributed by atoms with Crippen LogP contribution in [0.5, 0.6) is 0 Å². The van der Waals surface area contributed by atoms with Crippen LogP contribution in [0.25, 0.3) is 0 Å². The predicted molar refractivity (Wildman–Crippen MR) is 284 cm³/mol. The molecule has 0 rings (SSSR count). The molecule has 0 aliphatic heterocycles. The Balaban J connectivity index is 4.37. The lowest BCUT2D eigenvalue weighted by atomic mass is 10.0. The Morgan fingerprint density at radius 2 is 0.591 bits per heavy atom. The second-order valence-electron chi connectivity index (χ2n) is 18.8. The molecule has 0 saturated heterocycles. The van der Waals surface area contributed by atoms with Gasteiger partial charge >= 0.3 is 17.9 Å². The third-order valence-electron chi connectivity index (χ3n) is 12.3. The van der Waals surface area contributed by atoms with Gasteiger partial charge in [0.2, 0.25) is 0 Å². The molecule has 0 amide bonds. The molecule has 0 spiro atoms. The molecule has 0 fully saturated rings. The molecule has 0 aromatic carbocycles. The zero-order chi connectivity index (χ0) is 47.9. The minimum Gasteiger partial charge on any atom is -0.462 e. The smallest absolute Gasteiger partial charge is 0.306 e. The van der Waals surface area contributed by atoms with Crippen LogP contribution in [0.2, 0.25) is 0 Å². The quantitative estimate of drug-likeness (QED) is 0.0262. The summed E-state index contributed by atoms with van der Waals surface area (Å²) in [5, 5.41) is 0. The Morgan fingerprint density at radius 1 is 0.318 bits per heavy atom. The predicted octanol–water partition coefficient (Wildman–Crippen LogP) is 18.8. The van der Waals surface area contributed by atoms with Gasteiger partial charge in [-0.1, -0.05) is 242 Å². The first-order chi connectivity index (χ1) is 32.5. The summed E-state index contributed by atoms with van der Waals surface area (Å²) in [4.78, 5) is 38.1. The first-order valence-corrected chi connectivity index (χ1v) is 28.3. The maximum Gasteiger partial charge on any atom is 0.306 e. The topological polar surface area (TPSA) is 78.9 Å². The highest BCUT2D eigenvalue weighted by molar-refractivity contribution is 5.71. The molecule has 0 aliphatic carbocycles. The summed E-state index contributed by atoms with van der Waals surface area (Å²) >= 11 is 0. The van der Waals surface area contributed by atoms with Gasteiger partial charge in [0.05, 0.1) is 0 Å². The zero-order valence-corrected chi connectivity index (χ0v) is 43.7. The number of rotatable bonds is 51. The molecule has 0 aromatic heterocycles. The molecular weight excluding hydrogens is 817 g/mol. The van der Waals surface area contributed by atoms with Gasteiger partial charge in [-0.25, -0.2) is 0 Å². The van der Waals surface area contributed by atoms with Crippen molar-refractivity contribution in [3.63, 3.8) is 0 Å². The van der Waals surface area contributed by atoms with E-state index < -0.39 is 6.10 Å². The molecule has 0 heterocycles. The molecule has 0 bridgehead atoms.